The van der Waals surface area contributed by atoms with Gasteiger partial charge in [-0.1, -0.05) is 13.8 Å². The Morgan fingerprint density at radius 1 is 1.35 bits per heavy atom. The van der Waals surface area contributed by atoms with Crippen LogP contribution in [0.5, 0.6) is 0 Å². The van der Waals surface area contributed by atoms with Gasteiger partial charge in [0.2, 0.25) is 0 Å². The molecule has 1 heterocycles. The molecule has 0 saturated carbocycles. The Morgan fingerprint density at radius 2 is 2.00 bits per heavy atom. The first-order valence-corrected chi connectivity index (χ1v) is 6.59. The van der Waals surface area contributed by atoms with E-state index in [9.17, 15) is 18.8 Å². The van der Waals surface area contributed by atoms with E-state index in [1.165, 1.54) is 0 Å². The molecule has 1 aromatic carbocycles. The molecular weight excluding hydrogens is 305 g/mol. The molecule has 118 valence electrons. The first-order chi connectivity index (χ1) is 10.8. The molecule has 0 saturated heterocycles. The number of nitrogens with one attached hydrogen (secondary N) is 1. The largest absolute Gasteiger partial charge is 0.478 e. The third kappa shape index (κ3) is 2.89. The number of carboxylic acid groups (broad SMARTS) is 1. The minimum atomic E-state index is -1.47. The number of halogens is 1. The number of aromatic carboxylic acids is 1. The van der Waals surface area contributed by atoms with Gasteiger partial charge in [0.15, 0.2) is 0 Å². The maximum Gasteiger partial charge on any atom is 0.337 e. The molecule has 0 bridgehead atoms. The standard InChI is InChI=1S/C15H12FN3O4/c1-7(2)11-5-13(20)19(15(23)18-11)12-4-9(14(21)22)8(6-17)3-10(12)16/h3-5,7H,1-2H3,(H,18,23)(H,21,22). The molecular formula is C15H12FN3O4. The molecule has 0 fully saturated rings. The van der Waals surface area contributed by atoms with E-state index < -0.39 is 39.8 Å². The van der Waals surface area contributed by atoms with Gasteiger partial charge in [-0.05, 0) is 18.1 Å². The van der Waals surface area contributed by atoms with Crippen molar-refractivity contribution >= 4 is 5.97 Å². The highest BCUT2D eigenvalue weighted by Gasteiger charge is 2.19. The fourth-order valence-electron chi connectivity index (χ4n) is 2.05. The Hall–Kier alpha value is -3.21. The van der Waals surface area contributed by atoms with Crippen molar-refractivity contribution in [1.82, 2.24) is 9.55 Å². The molecule has 2 rings (SSSR count). The predicted molar refractivity (Wildman–Crippen MR) is 78.4 cm³/mol. The Balaban J connectivity index is 2.81. The van der Waals surface area contributed by atoms with Gasteiger partial charge in [0.25, 0.3) is 5.56 Å². The van der Waals surface area contributed by atoms with E-state index >= 15 is 0 Å². The first kappa shape index (κ1) is 16.2. The highest BCUT2D eigenvalue weighted by molar-refractivity contribution is 5.91. The molecule has 0 atom stereocenters. The summed E-state index contributed by atoms with van der Waals surface area (Å²) in [4.78, 5) is 37.8. The number of carbonyl (C=O) groups is 1. The molecule has 0 amide bonds. The summed E-state index contributed by atoms with van der Waals surface area (Å²) >= 11 is 0. The fourth-order valence-corrected chi connectivity index (χ4v) is 2.05. The lowest BCUT2D eigenvalue weighted by Gasteiger charge is -2.10. The summed E-state index contributed by atoms with van der Waals surface area (Å²) in [7, 11) is 0. The zero-order chi connectivity index (χ0) is 17.3. The summed E-state index contributed by atoms with van der Waals surface area (Å²) in [5.74, 6) is -2.63. The van der Waals surface area contributed by atoms with Crippen molar-refractivity contribution in [2.75, 3.05) is 0 Å². The summed E-state index contributed by atoms with van der Waals surface area (Å²) in [5, 5.41) is 17.9. The van der Waals surface area contributed by atoms with Crippen LogP contribution in [0, 0.1) is 17.1 Å². The molecule has 23 heavy (non-hydrogen) atoms. The number of aromatic nitrogens is 2. The Labute approximate surface area is 129 Å². The van der Waals surface area contributed by atoms with Crippen LogP contribution in [-0.2, 0) is 0 Å². The second-order valence-corrected chi connectivity index (χ2v) is 5.12. The molecule has 0 radical (unpaired) electrons. The molecule has 0 aliphatic heterocycles. The van der Waals surface area contributed by atoms with Crippen LogP contribution in [0.15, 0.2) is 27.8 Å². The summed E-state index contributed by atoms with van der Waals surface area (Å²) in [6.45, 7) is 3.53. The average Bonchev–Trinajstić information content (AvgIpc) is 2.47. The number of rotatable bonds is 3. The average molecular weight is 317 g/mol. The fraction of sp³-hybridized carbons (Fsp3) is 0.200. The van der Waals surface area contributed by atoms with Crippen molar-refractivity contribution in [3.05, 3.63) is 61.7 Å². The van der Waals surface area contributed by atoms with E-state index in [1.54, 1.807) is 19.9 Å². The van der Waals surface area contributed by atoms with Crippen LogP contribution in [0.4, 0.5) is 4.39 Å². The van der Waals surface area contributed by atoms with Gasteiger partial charge < -0.3 is 10.1 Å². The van der Waals surface area contributed by atoms with Crippen LogP contribution in [0.3, 0.4) is 0 Å². The van der Waals surface area contributed by atoms with Gasteiger partial charge in [0.05, 0.1) is 16.8 Å². The lowest BCUT2D eigenvalue weighted by Crippen LogP contribution is -2.35. The van der Waals surface area contributed by atoms with Crippen molar-refractivity contribution in [3.8, 4) is 11.8 Å². The van der Waals surface area contributed by atoms with Crippen LogP contribution in [0.25, 0.3) is 5.69 Å². The summed E-state index contributed by atoms with van der Waals surface area (Å²) in [5.41, 5.74) is -2.73. The highest BCUT2D eigenvalue weighted by atomic mass is 19.1. The number of carboxylic acids is 1. The van der Waals surface area contributed by atoms with Gasteiger partial charge in [0.1, 0.15) is 11.9 Å². The lowest BCUT2D eigenvalue weighted by atomic mass is 10.1. The monoisotopic (exact) mass is 317 g/mol. The predicted octanol–water partition coefficient (Wildman–Crippen LogP) is 1.36. The summed E-state index contributed by atoms with van der Waals surface area (Å²) < 4.78 is 14.6. The van der Waals surface area contributed by atoms with Crippen LogP contribution in [0.2, 0.25) is 0 Å². The highest BCUT2D eigenvalue weighted by Crippen LogP contribution is 2.18. The molecule has 0 aliphatic carbocycles. The van der Waals surface area contributed by atoms with E-state index in [4.69, 9.17) is 10.4 Å². The molecule has 7 nitrogen and oxygen atoms in total. The van der Waals surface area contributed by atoms with Crippen molar-refractivity contribution in [3.63, 3.8) is 0 Å². The van der Waals surface area contributed by atoms with Crippen molar-refractivity contribution in [1.29, 1.82) is 5.26 Å². The van der Waals surface area contributed by atoms with E-state index in [0.717, 1.165) is 12.1 Å². The normalized spacial score (nSPS) is 10.6. The second-order valence-electron chi connectivity index (χ2n) is 5.12. The van der Waals surface area contributed by atoms with Crippen molar-refractivity contribution in [2.24, 2.45) is 0 Å². The third-order valence-electron chi connectivity index (χ3n) is 3.25. The van der Waals surface area contributed by atoms with E-state index in [2.05, 4.69) is 4.98 Å². The van der Waals surface area contributed by atoms with Gasteiger partial charge in [0, 0.05) is 11.8 Å². The number of nitriles is 1. The van der Waals surface area contributed by atoms with Gasteiger partial charge in [-0.3, -0.25) is 4.79 Å². The van der Waals surface area contributed by atoms with E-state index in [1.807, 2.05) is 0 Å². The molecule has 2 N–H and O–H groups in total. The zero-order valence-corrected chi connectivity index (χ0v) is 12.3. The first-order valence-electron chi connectivity index (χ1n) is 6.59. The topological polar surface area (TPSA) is 116 Å². The van der Waals surface area contributed by atoms with Crippen LogP contribution >= 0.6 is 0 Å². The number of nitrogens with zero attached hydrogens (tertiary/aromatic N) is 2. The second kappa shape index (κ2) is 5.88. The molecule has 2 aromatic rings. The maximum atomic E-state index is 14.1. The van der Waals surface area contributed by atoms with Crippen molar-refractivity contribution in [2.45, 2.75) is 19.8 Å². The Morgan fingerprint density at radius 3 is 2.48 bits per heavy atom. The maximum absolute atomic E-state index is 14.1. The van der Waals surface area contributed by atoms with Gasteiger partial charge in [-0.25, -0.2) is 18.5 Å². The summed E-state index contributed by atoms with van der Waals surface area (Å²) in [6, 6.07) is 4.17. The molecule has 0 spiro atoms. The third-order valence-corrected chi connectivity index (χ3v) is 3.25. The van der Waals surface area contributed by atoms with E-state index in [0.29, 0.717) is 16.3 Å². The minimum Gasteiger partial charge on any atom is -0.478 e. The minimum absolute atomic E-state index is 0.120. The number of H-pyrrole nitrogens is 1. The Kier molecular flexibility index (Phi) is 4.14. The van der Waals surface area contributed by atoms with Crippen LogP contribution in [-0.4, -0.2) is 20.6 Å². The molecule has 0 aliphatic rings. The smallest absolute Gasteiger partial charge is 0.337 e. The number of hydrogen-bond acceptors (Lipinski definition) is 4. The number of benzene rings is 1. The SMILES string of the molecule is CC(C)c1cc(=O)n(-c2cc(C(=O)O)c(C#N)cc2F)c(=O)[nH]1. The van der Waals surface area contributed by atoms with E-state index in [-0.39, 0.29) is 5.92 Å². The molecule has 1 aromatic heterocycles. The lowest BCUT2D eigenvalue weighted by molar-refractivity contribution is 0.0696. The van der Waals surface area contributed by atoms with Crippen molar-refractivity contribution < 1.29 is 14.3 Å². The van der Waals surface area contributed by atoms with Gasteiger partial charge in [-0.15, -0.1) is 0 Å². The van der Waals surface area contributed by atoms with Gasteiger partial charge in [-0.2, -0.15) is 5.26 Å². The number of hydrogen-bond donors (Lipinski definition) is 2. The summed E-state index contributed by atoms with van der Waals surface area (Å²) in [6.07, 6.45) is 0. The molecule has 8 heteroatoms. The van der Waals surface area contributed by atoms with Crippen LogP contribution in [0.1, 0.15) is 41.4 Å². The number of aromatic amines is 1. The quantitative estimate of drug-likeness (QED) is 0.886. The Bertz CT molecular complexity index is 919. The van der Waals surface area contributed by atoms with Gasteiger partial charge >= 0.3 is 11.7 Å². The zero-order valence-electron chi connectivity index (χ0n) is 12.3. The van der Waals surface area contributed by atoms with Crippen LogP contribution < -0.4 is 11.2 Å². The molecule has 0 unspecified atom stereocenters.